The second-order valence-electron chi connectivity index (χ2n) is 5.15. The number of hydrogen-bond donors (Lipinski definition) is 2. The number of nitrogen functional groups attached to an aromatic ring is 1. The third-order valence-corrected chi connectivity index (χ3v) is 3.93. The smallest absolute Gasteiger partial charge is 0.0587 e. The van der Waals surface area contributed by atoms with Gasteiger partial charge in [-0.25, -0.2) is 0 Å². The molecule has 0 aliphatic carbocycles. The maximum atomic E-state index is 6.17. The van der Waals surface area contributed by atoms with Crippen LogP contribution in [0.3, 0.4) is 0 Å². The molecule has 106 valence electrons. The Morgan fingerprint density at radius 1 is 1.32 bits per heavy atom. The SMILES string of the molecule is COCCNCC1(c2ccccc2N)CCOCC1. The molecule has 1 fully saturated rings. The van der Waals surface area contributed by atoms with Gasteiger partial charge >= 0.3 is 0 Å². The number of ether oxygens (including phenoxy) is 2. The molecule has 0 aromatic heterocycles. The highest BCUT2D eigenvalue weighted by molar-refractivity contribution is 5.51. The summed E-state index contributed by atoms with van der Waals surface area (Å²) in [6.45, 7) is 4.14. The second kappa shape index (κ2) is 6.89. The molecule has 1 aromatic carbocycles. The molecule has 0 radical (unpaired) electrons. The highest BCUT2D eigenvalue weighted by atomic mass is 16.5. The maximum absolute atomic E-state index is 6.17. The Kier molecular flexibility index (Phi) is 5.19. The van der Waals surface area contributed by atoms with Crippen molar-refractivity contribution in [2.45, 2.75) is 18.3 Å². The van der Waals surface area contributed by atoms with E-state index in [4.69, 9.17) is 15.2 Å². The minimum Gasteiger partial charge on any atom is -0.398 e. The van der Waals surface area contributed by atoms with E-state index in [-0.39, 0.29) is 5.41 Å². The van der Waals surface area contributed by atoms with Crippen LogP contribution >= 0.6 is 0 Å². The Bertz CT molecular complexity index is 389. The van der Waals surface area contributed by atoms with Crippen molar-refractivity contribution in [3.05, 3.63) is 29.8 Å². The Balaban J connectivity index is 2.12. The lowest BCUT2D eigenvalue weighted by atomic mass is 9.73. The van der Waals surface area contributed by atoms with Crippen molar-refractivity contribution in [2.24, 2.45) is 0 Å². The molecule has 4 nitrogen and oxygen atoms in total. The van der Waals surface area contributed by atoms with Gasteiger partial charge in [-0.3, -0.25) is 0 Å². The number of methoxy groups -OCH3 is 1. The van der Waals surface area contributed by atoms with E-state index in [0.717, 1.165) is 51.4 Å². The summed E-state index contributed by atoms with van der Waals surface area (Å²) in [6, 6.07) is 8.20. The first kappa shape index (κ1) is 14.3. The molecule has 2 rings (SSSR count). The predicted molar refractivity (Wildman–Crippen MR) is 77.3 cm³/mol. The number of anilines is 1. The van der Waals surface area contributed by atoms with E-state index < -0.39 is 0 Å². The van der Waals surface area contributed by atoms with Gasteiger partial charge in [-0.1, -0.05) is 18.2 Å². The first-order valence-electron chi connectivity index (χ1n) is 6.91. The predicted octanol–water partition coefficient (Wildman–Crippen LogP) is 1.55. The van der Waals surface area contributed by atoms with Crippen molar-refractivity contribution in [1.82, 2.24) is 5.32 Å². The summed E-state index contributed by atoms with van der Waals surface area (Å²) in [5.41, 5.74) is 8.41. The summed E-state index contributed by atoms with van der Waals surface area (Å²) in [6.07, 6.45) is 2.03. The number of hydrogen-bond acceptors (Lipinski definition) is 4. The molecule has 1 aromatic rings. The van der Waals surface area contributed by atoms with Crippen molar-refractivity contribution < 1.29 is 9.47 Å². The van der Waals surface area contributed by atoms with Gasteiger partial charge in [-0.15, -0.1) is 0 Å². The summed E-state index contributed by atoms with van der Waals surface area (Å²) in [5.74, 6) is 0. The highest BCUT2D eigenvalue weighted by Gasteiger charge is 2.35. The Labute approximate surface area is 115 Å². The number of nitrogens with two attached hydrogens (primary N) is 1. The van der Waals surface area contributed by atoms with Gasteiger partial charge in [0.2, 0.25) is 0 Å². The minimum atomic E-state index is 0.0946. The molecule has 0 spiro atoms. The van der Waals surface area contributed by atoms with E-state index in [9.17, 15) is 0 Å². The lowest BCUT2D eigenvalue weighted by Crippen LogP contribution is -2.44. The topological polar surface area (TPSA) is 56.5 Å². The zero-order chi connectivity index (χ0) is 13.6. The fourth-order valence-electron chi connectivity index (χ4n) is 2.79. The molecule has 0 saturated carbocycles. The van der Waals surface area contributed by atoms with E-state index in [0.29, 0.717) is 0 Å². The fraction of sp³-hybridized carbons (Fsp3) is 0.600. The van der Waals surface area contributed by atoms with E-state index in [2.05, 4.69) is 17.4 Å². The van der Waals surface area contributed by atoms with Crippen molar-refractivity contribution >= 4 is 5.69 Å². The van der Waals surface area contributed by atoms with E-state index in [1.165, 1.54) is 5.56 Å². The molecule has 19 heavy (non-hydrogen) atoms. The van der Waals surface area contributed by atoms with Crippen LogP contribution in [0.4, 0.5) is 5.69 Å². The minimum absolute atomic E-state index is 0.0946. The summed E-state index contributed by atoms with van der Waals surface area (Å²) < 4.78 is 10.6. The molecular weight excluding hydrogens is 240 g/mol. The van der Waals surface area contributed by atoms with Crippen molar-refractivity contribution in [1.29, 1.82) is 0 Å². The number of benzene rings is 1. The Morgan fingerprint density at radius 2 is 2.05 bits per heavy atom. The van der Waals surface area contributed by atoms with Gasteiger partial charge < -0.3 is 20.5 Å². The maximum Gasteiger partial charge on any atom is 0.0587 e. The van der Waals surface area contributed by atoms with Crippen LogP contribution in [0.25, 0.3) is 0 Å². The van der Waals surface area contributed by atoms with Crippen molar-refractivity contribution in [3.8, 4) is 0 Å². The van der Waals surface area contributed by atoms with Crippen LogP contribution in [0.5, 0.6) is 0 Å². The Hall–Kier alpha value is -1.10. The summed E-state index contributed by atoms with van der Waals surface area (Å²) in [4.78, 5) is 0. The number of rotatable bonds is 6. The van der Waals surface area contributed by atoms with Crippen molar-refractivity contribution in [2.75, 3.05) is 45.8 Å². The normalized spacial score (nSPS) is 18.4. The third kappa shape index (κ3) is 3.47. The van der Waals surface area contributed by atoms with E-state index in [1.807, 2.05) is 12.1 Å². The summed E-state index contributed by atoms with van der Waals surface area (Å²) >= 11 is 0. The van der Waals surface area contributed by atoms with Gasteiger partial charge in [-0.2, -0.15) is 0 Å². The quantitative estimate of drug-likeness (QED) is 0.604. The lowest BCUT2D eigenvalue weighted by Gasteiger charge is -2.38. The van der Waals surface area contributed by atoms with Gasteiger partial charge in [0.15, 0.2) is 0 Å². The molecule has 0 bridgehead atoms. The monoisotopic (exact) mass is 264 g/mol. The van der Waals surface area contributed by atoms with Crippen LogP contribution in [-0.2, 0) is 14.9 Å². The molecule has 1 aliphatic rings. The summed E-state index contributed by atoms with van der Waals surface area (Å²) in [5, 5.41) is 3.49. The average molecular weight is 264 g/mol. The molecule has 1 heterocycles. The largest absolute Gasteiger partial charge is 0.398 e. The van der Waals surface area contributed by atoms with Crippen LogP contribution in [0.2, 0.25) is 0 Å². The van der Waals surface area contributed by atoms with Crippen LogP contribution in [0.1, 0.15) is 18.4 Å². The van der Waals surface area contributed by atoms with Crippen molar-refractivity contribution in [3.63, 3.8) is 0 Å². The highest BCUT2D eigenvalue weighted by Crippen LogP contribution is 2.37. The molecule has 0 unspecified atom stereocenters. The van der Waals surface area contributed by atoms with E-state index in [1.54, 1.807) is 7.11 Å². The zero-order valence-electron chi connectivity index (χ0n) is 11.7. The molecule has 0 amide bonds. The number of para-hydroxylation sites is 1. The molecule has 1 saturated heterocycles. The molecule has 3 N–H and O–H groups in total. The van der Waals surface area contributed by atoms with Gasteiger partial charge in [0.05, 0.1) is 6.61 Å². The van der Waals surface area contributed by atoms with Gasteiger partial charge in [0, 0.05) is 44.5 Å². The standard InChI is InChI=1S/C15H24N2O2/c1-18-11-8-17-12-15(6-9-19-10-7-15)13-4-2-3-5-14(13)16/h2-5,17H,6-12,16H2,1H3. The van der Waals surface area contributed by atoms with Gasteiger partial charge in [0.25, 0.3) is 0 Å². The van der Waals surface area contributed by atoms with Crippen LogP contribution in [-0.4, -0.2) is 40.0 Å². The van der Waals surface area contributed by atoms with Gasteiger partial charge in [0.1, 0.15) is 0 Å². The lowest BCUT2D eigenvalue weighted by molar-refractivity contribution is 0.0495. The first-order chi connectivity index (χ1) is 9.28. The Morgan fingerprint density at radius 3 is 2.74 bits per heavy atom. The summed E-state index contributed by atoms with van der Waals surface area (Å²) in [7, 11) is 1.72. The van der Waals surface area contributed by atoms with E-state index >= 15 is 0 Å². The second-order valence-corrected chi connectivity index (χ2v) is 5.15. The van der Waals surface area contributed by atoms with Gasteiger partial charge in [-0.05, 0) is 24.5 Å². The zero-order valence-corrected chi connectivity index (χ0v) is 11.7. The molecule has 4 heteroatoms. The third-order valence-electron chi connectivity index (χ3n) is 3.93. The first-order valence-corrected chi connectivity index (χ1v) is 6.91. The fourth-order valence-corrected chi connectivity index (χ4v) is 2.79. The number of nitrogens with one attached hydrogen (secondary N) is 1. The molecular formula is C15H24N2O2. The van der Waals surface area contributed by atoms with Crippen LogP contribution in [0, 0.1) is 0 Å². The average Bonchev–Trinajstić information content (AvgIpc) is 2.45. The van der Waals surface area contributed by atoms with Crippen LogP contribution in [0.15, 0.2) is 24.3 Å². The molecule has 1 aliphatic heterocycles. The van der Waals surface area contributed by atoms with Crippen LogP contribution < -0.4 is 11.1 Å². The molecule has 0 atom stereocenters.